The van der Waals surface area contributed by atoms with Crippen LogP contribution in [0.25, 0.3) is 0 Å². The number of aromatic hydroxyl groups is 2. The van der Waals surface area contributed by atoms with E-state index in [1.54, 1.807) is 0 Å². The third kappa shape index (κ3) is 5.07. The molecule has 0 aromatic heterocycles. The maximum atomic E-state index is 10.1. The first kappa shape index (κ1) is 16.4. The second-order valence-electron chi connectivity index (χ2n) is 3.67. The number of phenolic OH excluding ortho intramolecular Hbond substituents is 2. The van der Waals surface area contributed by atoms with Crippen molar-refractivity contribution < 1.29 is 20.1 Å². The van der Waals surface area contributed by atoms with Gasteiger partial charge in [0.15, 0.2) is 0 Å². The second-order valence-corrected chi connectivity index (χ2v) is 4.52. The minimum Gasteiger partial charge on any atom is -0.508 e. The van der Waals surface area contributed by atoms with E-state index in [4.69, 9.17) is 10.2 Å². The van der Waals surface area contributed by atoms with Gasteiger partial charge in [-0.05, 0) is 28.1 Å². The summed E-state index contributed by atoms with van der Waals surface area (Å²) in [5.74, 6) is -0.214. The fourth-order valence-electron chi connectivity index (χ4n) is 1.22. The molecule has 0 spiro atoms. The van der Waals surface area contributed by atoms with Crippen LogP contribution in [0.1, 0.15) is 0 Å². The molecule has 8 nitrogen and oxygen atoms in total. The van der Waals surface area contributed by atoms with Crippen LogP contribution in [0.15, 0.2) is 46.9 Å². The van der Waals surface area contributed by atoms with Gasteiger partial charge in [-0.2, -0.15) is 0 Å². The summed E-state index contributed by atoms with van der Waals surface area (Å²) >= 11 is 3.01. The molecule has 0 saturated carbocycles. The van der Waals surface area contributed by atoms with E-state index >= 15 is 0 Å². The molecule has 0 radical (unpaired) electrons. The standard InChI is InChI=1S/C6H4BrNO3.C6H5NO3/c7-5-2-1-4(8(10)11)3-6(5)9;8-6-3-1-2-5(4-6)7(9)10/h1-3,9H;1-4,8H. The highest BCUT2D eigenvalue weighted by molar-refractivity contribution is 9.10. The van der Waals surface area contributed by atoms with Gasteiger partial charge in [-0.1, -0.05) is 6.07 Å². The van der Waals surface area contributed by atoms with Gasteiger partial charge in [0.05, 0.1) is 26.5 Å². The van der Waals surface area contributed by atoms with Crippen molar-refractivity contribution in [3.63, 3.8) is 0 Å². The van der Waals surface area contributed by atoms with Crippen LogP contribution in [0.2, 0.25) is 0 Å². The molecule has 0 bridgehead atoms. The summed E-state index contributed by atoms with van der Waals surface area (Å²) in [5, 5.41) is 37.9. The topological polar surface area (TPSA) is 127 Å². The van der Waals surface area contributed by atoms with E-state index in [0.717, 1.165) is 12.1 Å². The maximum Gasteiger partial charge on any atom is 0.273 e. The smallest absolute Gasteiger partial charge is 0.273 e. The van der Waals surface area contributed by atoms with Gasteiger partial charge in [0.1, 0.15) is 11.5 Å². The predicted octanol–water partition coefficient (Wildman–Crippen LogP) is 3.36. The molecule has 21 heavy (non-hydrogen) atoms. The lowest BCUT2D eigenvalue weighted by Gasteiger charge is -1.94. The molecule has 2 N–H and O–H groups in total. The average Bonchev–Trinajstić information content (AvgIpc) is 2.42. The monoisotopic (exact) mass is 356 g/mol. The van der Waals surface area contributed by atoms with E-state index < -0.39 is 9.85 Å². The average molecular weight is 357 g/mol. The lowest BCUT2D eigenvalue weighted by atomic mass is 10.3. The highest BCUT2D eigenvalue weighted by atomic mass is 79.9. The van der Waals surface area contributed by atoms with Crippen molar-refractivity contribution in [2.45, 2.75) is 0 Å². The Balaban J connectivity index is 0.000000211. The summed E-state index contributed by atoms with van der Waals surface area (Å²) < 4.78 is 0.447. The Kier molecular flexibility index (Phi) is 5.61. The number of non-ortho nitro benzene ring substituents is 2. The molecule has 0 aliphatic heterocycles. The van der Waals surface area contributed by atoms with Gasteiger partial charge in [0.2, 0.25) is 0 Å². The first-order valence-electron chi connectivity index (χ1n) is 5.37. The van der Waals surface area contributed by atoms with Gasteiger partial charge in [0.25, 0.3) is 11.4 Å². The first-order valence-corrected chi connectivity index (χ1v) is 6.17. The molecule has 2 rings (SSSR count). The third-order valence-electron chi connectivity index (χ3n) is 2.18. The van der Waals surface area contributed by atoms with E-state index in [1.165, 1.54) is 30.3 Å². The Morgan fingerprint density at radius 3 is 1.90 bits per heavy atom. The lowest BCUT2D eigenvalue weighted by Crippen LogP contribution is -1.86. The van der Waals surface area contributed by atoms with Crippen molar-refractivity contribution in [1.29, 1.82) is 0 Å². The van der Waals surface area contributed by atoms with Crippen LogP contribution in [0.4, 0.5) is 11.4 Å². The number of hydrogen-bond acceptors (Lipinski definition) is 6. The molecule has 110 valence electrons. The summed E-state index contributed by atoms with van der Waals surface area (Å²) in [5.41, 5.74) is -0.217. The number of halogens is 1. The SMILES string of the molecule is O=[N+]([O-])c1ccc(Br)c(O)c1.O=[N+]([O-])c1cccc(O)c1. The molecule has 0 atom stereocenters. The molecule has 2 aromatic carbocycles. The normalized spacial score (nSPS) is 9.38. The van der Waals surface area contributed by atoms with Crippen molar-refractivity contribution in [1.82, 2.24) is 0 Å². The van der Waals surface area contributed by atoms with E-state index in [-0.39, 0.29) is 22.9 Å². The molecular weight excluding hydrogens is 348 g/mol. The number of nitrogens with zero attached hydrogens (tertiary/aromatic N) is 2. The summed E-state index contributed by atoms with van der Waals surface area (Å²) in [6.07, 6.45) is 0. The molecule has 0 unspecified atom stereocenters. The van der Waals surface area contributed by atoms with E-state index in [9.17, 15) is 20.2 Å². The minimum absolute atomic E-state index is 0.0887. The van der Waals surface area contributed by atoms with Crippen LogP contribution in [0.3, 0.4) is 0 Å². The number of phenols is 2. The molecule has 0 aliphatic carbocycles. The third-order valence-corrected chi connectivity index (χ3v) is 2.85. The molecule has 9 heteroatoms. The Morgan fingerprint density at radius 1 is 0.905 bits per heavy atom. The molecule has 0 amide bonds. The zero-order valence-electron chi connectivity index (χ0n) is 10.3. The molecular formula is C12H9BrN2O6. The van der Waals surface area contributed by atoms with Crippen molar-refractivity contribution >= 4 is 27.3 Å². The highest BCUT2D eigenvalue weighted by Crippen LogP contribution is 2.27. The largest absolute Gasteiger partial charge is 0.508 e. The second kappa shape index (κ2) is 7.20. The zero-order chi connectivity index (χ0) is 16.0. The van der Waals surface area contributed by atoms with Crippen LogP contribution >= 0.6 is 15.9 Å². The molecule has 2 aromatic rings. The van der Waals surface area contributed by atoms with Crippen molar-refractivity contribution in [2.75, 3.05) is 0 Å². The quantitative estimate of drug-likeness (QED) is 0.627. The molecule has 0 fully saturated rings. The van der Waals surface area contributed by atoms with Crippen LogP contribution in [0, 0.1) is 20.2 Å². The van der Waals surface area contributed by atoms with Crippen LogP contribution in [-0.4, -0.2) is 20.1 Å². The fourth-order valence-corrected chi connectivity index (χ4v) is 1.47. The number of rotatable bonds is 2. The van der Waals surface area contributed by atoms with Gasteiger partial charge in [-0.3, -0.25) is 20.2 Å². The maximum absolute atomic E-state index is 10.1. The molecule has 0 heterocycles. The Bertz CT molecular complexity index is 677. The minimum atomic E-state index is -0.563. The van der Waals surface area contributed by atoms with Crippen molar-refractivity contribution in [2.24, 2.45) is 0 Å². The molecule has 0 aliphatic rings. The van der Waals surface area contributed by atoms with Crippen molar-refractivity contribution in [3.05, 3.63) is 67.2 Å². The summed E-state index contributed by atoms with van der Waals surface area (Å²) in [6, 6.07) is 9.04. The Hall–Kier alpha value is -2.68. The van der Waals surface area contributed by atoms with Crippen molar-refractivity contribution in [3.8, 4) is 11.5 Å². The van der Waals surface area contributed by atoms with E-state index in [0.29, 0.717) is 4.47 Å². The Morgan fingerprint density at radius 2 is 1.48 bits per heavy atom. The number of nitro groups is 2. The number of hydrogen-bond donors (Lipinski definition) is 2. The fraction of sp³-hybridized carbons (Fsp3) is 0. The van der Waals surface area contributed by atoms with Crippen LogP contribution < -0.4 is 0 Å². The van der Waals surface area contributed by atoms with Gasteiger partial charge < -0.3 is 10.2 Å². The Labute approximate surface area is 126 Å². The highest BCUT2D eigenvalue weighted by Gasteiger charge is 2.07. The number of nitro benzene ring substituents is 2. The first-order chi connectivity index (χ1) is 9.81. The van der Waals surface area contributed by atoms with Crippen LogP contribution in [0.5, 0.6) is 11.5 Å². The summed E-state index contributed by atoms with van der Waals surface area (Å²) in [6.45, 7) is 0. The van der Waals surface area contributed by atoms with Gasteiger partial charge in [0, 0.05) is 12.1 Å². The number of benzene rings is 2. The van der Waals surface area contributed by atoms with Gasteiger partial charge in [-0.15, -0.1) is 0 Å². The summed E-state index contributed by atoms with van der Waals surface area (Å²) in [7, 11) is 0. The summed E-state index contributed by atoms with van der Waals surface area (Å²) in [4.78, 5) is 19.1. The van der Waals surface area contributed by atoms with Crippen LogP contribution in [-0.2, 0) is 0 Å². The van der Waals surface area contributed by atoms with Gasteiger partial charge in [-0.25, -0.2) is 0 Å². The van der Waals surface area contributed by atoms with E-state index in [1.807, 2.05) is 0 Å². The lowest BCUT2D eigenvalue weighted by molar-refractivity contribution is -0.385. The van der Waals surface area contributed by atoms with Gasteiger partial charge >= 0.3 is 0 Å². The predicted molar refractivity (Wildman–Crippen MR) is 77.2 cm³/mol. The van der Waals surface area contributed by atoms with E-state index in [2.05, 4.69) is 15.9 Å². The zero-order valence-corrected chi connectivity index (χ0v) is 11.9. The molecule has 0 saturated heterocycles.